The summed E-state index contributed by atoms with van der Waals surface area (Å²) < 4.78 is 0. The van der Waals surface area contributed by atoms with Crippen LogP contribution in [0, 0.1) is 0 Å². The largest absolute Gasteiger partial charge is 0.370 e. The monoisotopic (exact) mass is 435 g/mol. The molecule has 30 heavy (non-hydrogen) atoms. The number of carbonyl (C=O) groups excluding carboxylic acids is 1. The van der Waals surface area contributed by atoms with Crippen LogP contribution in [-0.2, 0) is 0 Å². The molecule has 4 nitrogen and oxygen atoms in total. The Morgan fingerprint density at radius 2 is 1.57 bits per heavy atom. The third-order valence-electron chi connectivity index (χ3n) is 5.13. The first kappa shape index (κ1) is 20.4. The van der Waals surface area contributed by atoms with E-state index in [4.69, 9.17) is 23.8 Å². The van der Waals surface area contributed by atoms with Crippen molar-refractivity contribution in [3.05, 3.63) is 83.4 Å². The van der Waals surface area contributed by atoms with Crippen LogP contribution < -0.4 is 15.5 Å². The van der Waals surface area contributed by atoms with Crippen LogP contribution in [0.3, 0.4) is 0 Å². The van der Waals surface area contributed by atoms with Gasteiger partial charge in [-0.1, -0.05) is 54.1 Å². The van der Waals surface area contributed by atoms with E-state index in [2.05, 4.69) is 15.5 Å². The van der Waals surface area contributed by atoms with E-state index in [1.807, 2.05) is 60.7 Å². The van der Waals surface area contributed by atoms with Gasteiger partial charge in [0.15, 0.2) is 5.11 Å². The van der Waals surface area contributed by atoms with E-state index in [9.17, 15) is 4.79 Å². The lowest BCUT2D eigenvalue weighted by atomic mass is 10.0. The zero-order chi connectivity index (χ0) is 20.9. The van der Waals surface area contributed by atoms with Gasteiger partial charge in [-0.25, -0.2) is 0 Å². The number of benzene rings is 3. The average molecular weight is 436 g/mol. The molecule has 4 rings (SSSR count). The predicted molar refractivity (Wildman–Crippen MR) is 128 cm³/mol. The van der Waals surface area contributed by atoms with Crippen LogP contribution in [0.5, 0.6) is 0 Å². The van der Waals surface area contributed by atoms with E-state index in [-0.39, 0.29) is 11.0 Å². The normalized spacial score (nSPS) is 13.2. The van der Waals surface area contributed by atoms with Gasteiger partial charge in [-0.2, -0.15) is 0 Å². The topological polar surface area (TPSA) is 44.4 Å². The second-order valence-corrected chi connectivity index (χ2v) is 8.03. The molecule has 1 aliphatic heterocycles. The van der Waals surface area contributed by atoms with Crippen molar-refractivity contribution < 1.29 is 4.79 Å². The number of amides is 1. The fraction of sp³-hybridized carbons (Fsp3) is 0.167. The summed E-state index contributed by atoms with van der Waals surface area (Å²) in [6.45, 7) is 2.06. The molecule has 0 unspecified atom stereocenters. The van der Waals surface area contributed by atoms with Gasteiger partial charge in [0, 0.05) is 24.3 Å². The maximum absolute atomic E-state index is 12.5. The Kier molecular flexibility index (Phi) is 6.31. The molecule has 1 heterocycles. The van der Waals surface area contributed by atoms with Gasteiger partial charge in [0.05, 0.1) is 10.7 Å². The summed E-state index contributed by atoms with van der Waals surface area (Å²) in [5.74, 6) is -0.258. The molecule has 2 N–H and O–H groups in total. The first-order valence-corrected chi connectivity index (χ1v) is 10.7. The van der Waals surface area contributed by atoms with Crippen molar-refractivity contribution in [2.45, 2.75) is 12.8 Å². The molecule has 3 aromatic rings. The molecule has 0 aromatic heterocycles. The Morgan fingerprint density at radius 1 is 0.900 bits per heavy atom. The summed E-state index contributed by atoms with van der Waals surface area (Å²) >= 11 is 11.7. The number of nitrogens with zero attached hydrogens (tertiary/aromatic N) is 1. The van der Waals surface area contributed by atoms with Crippen molar-refractivity contribution in [1.29, 1.82) is 0 Å². The fourth-order valence-corrected chi connectivity index (χ4v) is 4.09. The first-order chi connectivity index (χ1) is 14.6. The van der Waals surface area contributed by atoms with Crippen molar-refractivity contribution in [2.24, 2.45) is 0 Å². The summed E-state index contributed by atoms with van der Waals surface area (Å²) in [4.78, 5) is 14.8. The van der Waals surface area contributed by atoms with Gasteiger partial charge in [-0.15, -0.1) is 0 Å². The van der Waals surface area contributed by atoms with E-state index < -0.39 is 0 Å². The van der Waals surface area contributed by atoms with E-state index in [0.29, 0.717) is 10.6 Å². The van der Waals surface area contributed by atoms with Crippen LogP contribution in [0.25, 0.3) is 11.1 Å². The van der Waals surface area contributed by atoms with Crippen molar-refractivity contribution >= 4 is 46.2 Å². The van der Waals surface area contributed by atoms with Crippen LogP contribution in [0.4, 0.5) is 11.4 Å². The third kappa shape index (κ3) is 4.81. The van der Waals surface area contributed by atoms with E-state index in [1.165, 1.54) is 12.8 Å². The van der Waals surface area contributed by atoms with E-state index in [1.54, 1.807) is 12.1 Å². The zero-order valence-electron chi connectivity index (χ0n) is 16.4. The van der Waals surface area contributed by atoms with Crippen LogP contribution in [-0.4, -0.2) is 24.1 Å². The summed E-state index contributed by atoms with van der Waals surface area (Å²) in [6, 6.07) is 23.2. The van der Waals surface area contributed by atoms with E-state index >= 15 is 0 Å². The van der Waals surface area contributed by atoms with Crippen molar-refractivity contribution in [1.82, 2.24) is 5.32 Å². The number of hydrogen-bond donors (Lipinski definition) is 2. The Balaban J connectivity index is 1.36. The molecule has 3 aromatic carbocycles. The van der Waals surface area contributed by atoms with E-state index in [0.717, 1.165) is 35.6 Å². The highest BCUT2D eigenvalue weighted by molar-refractivity contribution is 7.80. The number of hydrogen-bond acceptors (Lipinski definition) is 3. The Hall–Kier alpha value is -2.89. The maximum atomic E-state index is 12.5. The molecule has 1 fully saturated rings. The second-order valence-electron chi connectivity index (χ2n) is 7.21. The number of thiocarbonyl (C=S) groups is 1. The predicted octanol–water partition coefficient (Wildman–Crippen LogP) is 5.73. The lowest BCUT2D eigenvalue weighted by Gasteiger charge is -2.20. The highest BCUT2D eigenvalue weighted by Gasteiger charge is 2.16. The molecule has 0 aliphatic carbocycles. The molecule has 0 radical (unpaired) electrons. The van der Waals surface area contributed by atoms with Crippen LogP contribution in [0.2, 0.25) is 5.02 Å². The SMILES string of the molecule is O=C(NC(=S)Nc1ccc(N2CCCC2)c(Cl)c1)c1ccc(-c2ccccc2)cc1. The fourth-order valence-electron chi connectivity index (χ4n) is 3.58. The quantitative estimate of drug-likeness (QED) is 0.513. The molecule has 1 saturated heterocycles. The summed E-state index contributed by atoms with van der Waals surface area (Å²) in [5, 5.41) is 6.66. The van der Waals surface area contributed by atoms with Gasteiger partial charge in [0.25, 0.3) is 5.91 Å². The number of carbonyl (C=O) groups is 1. The molecule has 1 amide bonds. The minimum atomic E-state index is -0.258. The van der Waals surface area contributed by atoms with Crippen LogP contribution >= 0.6 is 23.8 Å². The smallest absolute Gasteiger partial charge is 0.257 e. The lowest BCUT2D eigenvalue weighted by molar-refractivity contribution is 0.0978. The zero-order valence-corrected chi connectivity index (χ0v) is 18.0. The summed E-state index contributed by atoms with van der Waals surface area (Å²) in [7, 11) is 0. The minimum Gasteiger partial charge on any atom is -0.370 e. The van der Waals surface area contributed by atoms with Gasteiger partial charge in [0.1, 0.15) is 0 Å². The summed E-state index contributed by atoms with van der Waals surface area (Å²) in [5.41, 5.74) is 4.48. The molecular formula is C24H22ClN3OS. The Morgan fingerprint density at radius 3 is 2.23 bits per heavy atom. The summed E-state index contributed by atoms with van der Waals surface area (Å²) in [6.07, 6.45) is 2.39. The third-order valence-corrected chi connectivity index (χ3v) is 5.64. The molecule has 6 heteroatoms. The van der Waals surface area contributed by atoms with Crippen LogP contribution in [0.15, 0.2) is 72.8 Å². The van der Waals surface area contributed by atoms with Crippen molar-refractivity contribution in [3.63, 3.8) is 0 Å². The van der Waals surface area contributed by atoms with Gasteiger partial charge < -0.3 is 10.2 Å². The molecule has 0 atom stereocenters. The number of anilines is 2. The maximum Gasteiger partial charge on any atom is 0.257 e. The molecular weight excluding hydrogens is 414 g/mol. The number of nitrogens with one attached hydrogen (secondary N) is 2. The van der Waals surface area contributed by atoms with Gasteiger partial charge in [0.2, 0.25) is 0 Å². The molecule has 0 spiro atoms. The highest BCUT2D eigenvalue weighted by Crippen LogP contribution is 2.31. The van der Waals surface area contributed by atoms with Gasteiger partial charge in [-0.3, -0.25) is 10.1 Å². The molecule has 0 bridgehead atoms. The Labute approximate surface area is 186 Å². The standard InChI is InChI=1S/C24H22ClN3OS/c25-21-16-20(12-13-22(21)28-14-4-5-15-28)26-24(30)27-23(29)19-10-8-18(9-11-19)17-6-2-1-3-7-17/h1-3,6-13,16H,4-5,14-15H2,(H2,26,27,29,30). The number of rotatable bonds is 4. The van der Waals surface area contributed by atoms with Gasteiger partial charge in [-0.05, 0) is 66.5 Å². The molecule has 0 saturated carbocycles. The average Bonchev–Trinajstić information content (AvgIpc) is 3.29. The lowest BCUT2D eigenvalue weighted by Crippen LogP contribution is -2.34. The Bertz CT molecular complexity index is 1050. The van der Waals surface area contributed by atoms with Gasteiger partial charge >= 0.3 is 0 Å². The minimum absolute atomic E-state index is 0.233. The second kappa shape index (κ2) is 9.28. The van der Waals surface area contributed by atoms with Crippen LogP contribution in [0.1, 0.15) is 23.2 Å². The molecule has 152 valence electrons. The van der Waals surface area contributed by atoms with Crippen molar-refractivity contribution in [2.75, 3.05) is 23.3 Å². The number of halogens is 1. The first-order valence-electron chi connectivity index (χ1n) is 9.92. The molecule has 1 aliphatic rings. The highest BCUT2D eigenvalue weighted by atomic mass is 35.5. The van der Waals surface area contributed by atoms with Crippen molar-refractivity contribution in [3.8, 4) is 11.1 Å².